The zero-order chi connectivity index (χ0) is 18.6. The van der Waals surface area contributed by atoms with E-state index < -0.39 is 0 Å². The third-order valence-corrected chi connectivity index (χ3v) is 6.57. The van der Waals surface area contributed by atoms with Gasteiger partial charge in [-0.15, -0.1) is 11.3 Å². The zero-order valence-electron chi connectivity index (χ0n) is 14.9. The van der Waals surface area contributed by atoms with E-state index in [1.54, 1.807) is 11.6 Å². The number of ether oxygens (including phenoxy) is 2. The Morgan fingerprint density at radius 2 is 2.37 bits per heavy atom. The maximum atomic E-state index is 12.3. The van der Waals surface area contributed by atoms with Crippen molar-refractivity contribution < 1.29 is 19.4 Å². The quantitative estimate of drug-likeness (QED) is 0.634. The summed E-state index contributed by atoms with van der Waals surface area (Å²) in [5.74, 6) is 0.410. The number of hydrogen-bond acceptors (Lipinski definition) is 7. The van der Waals surface area contributed by atoms with Crippen LogP contribution in [0.3, 0.4) is 0 Å². The minimum absolute atomic E-state index is 0.157. The Morgan fingerprint density at radius 3 is 3.19 bits per heavy atom. The molecule has 5 rings (SSSR count). The van der Waals surface area contributed by atoms with Crippen LogP contribution in [-0.4, -0.2) is 46.8 Å². The Morgan fingerprint density at radius 1 is 1.48 bits per heavy atom. The lowest BCUT2D eigenvalue weighted by molar-refractivity contribution is 0.0222. The van der Waals surface area contributed by atoms with Crippen molar-refractivity contribution in [3.8, 4) is 11.5 Å². The number of nitrogens with zero attached hydrogens (tertiary/aromatic N) is 2. The van der Waals surface area contributed by atoms with Crippen LogP contribution in [0.1, 0.15) is 33.6 Å². The topological polar surface area (TPSA) is 71.9 Å². The van der Waals surface area contributed by atoms with Gasteiger partial charge in [-0.05, 0) is 37.7 Å². The summed E-state index contributed by atoms with van der Waals surface area (Å²) in [6.07, 6.45) is 6.61. The lowest BCUT2D eigenvalue weighted by Crippen LogP contribution is -2.43. The first-order chi connectivity index (χ1) is 13.1. The monoisotopic (exact) mass is 384 g/mol. The van der Waals surface area contributed by atoms with Crippen molar-refractivity contribution >= 4 is 17.3 Å². The van der Waals surface area contributed by atoms with Gasteiger partial charge in [-0.1, -0.05) is 12.1 Å². The van der Waals surface area contributed by atoms with Gasteiger partial charge in [0.05, 0.1) is 17.1 Å². The van der Waals surface area contributed by atoms with Crippen molar-refractivity contribution in [1.29, 1.82) is 0 Å². The summed E-state index contributed by atoms with van der Waals surface area (Å²) in [4.78, 5) is 19.0. The first-order valence-electron chi connectivity index (χ1n) is 9.06. The van der Waals surface area contributed by atoms with Gasteiger partial charge in [-0.3, -0.25) is 4.98 Å². The van der Waals surface area contributed by atoms with Crippen LogP contribution in [0.4, 0.5) is 0 Å². The van der Waals surface area contributed by atoms with Crippen LogP contribution in [0.5, 0.6) is 11.5 Å². The summed E-state index contributed by atoms with van der Waals surface area (Å²) >= 11 is 1.27. The molecule has 0 radical (unpaired) electrons. The van der Waals surface area contributed by atoms with E-state index in [1.165, 1.54) is 23.1 Å². The molecule has 3 aliphatic rings. The van der Waals surface area contributed by atoms with Gasteiger partial charge >= 0.3 is 5.97 Å². The summed E-state index contributed by atoms with van der Waals surface area (Å²) < 4.78 is 11.9. The van der Waals surface area contributed by atoms with Crippen LogP contribution in [0.2, 0.25) is 0 Å². The molecule has 6 nitrogen and oxygen atoms in total. The number of carbonyl (C=O) groups is 1. The number of carbonyl (C=O) groups excluding carboxylic acids is 1. The molecule has 0 fully saturated rings. The van der Waals surface area contributed by atoms with Crippen LogP contribution in [0, 0.1) is 0 Å². The van der Waals surface area contributed by atoms with E-state index >= 15 is 0 Å². The Balaban J connectivity index is 1.49. The Kier molecular flexibility index (Phi) is 3.77. The standard InChI is InChI=1S/C20H20N2O4S/c1-22-7-6-20-5-4-13(25-19(24)15-9-21-11-27-15)8-16(20)26-18-14(23)3-2-12(10-22)17(18)20/h2-5,9,11,13,16,23H,6-8,10H2,1H3/t13-,16?,20-/m0/s1. The summed E-state index contributed by atoms with van der Waals surface area (Å²) in [6, 6.07) is 3.70. The Bertz CT molecular complexity index is 926. The smallest absolute Gasteiger partial charge is 0.350 e. The molecule has 1 aromatic heterocycles. The predicted octanol–water partition coefficient (Wildman–Crippen LogP) is 2.87. The first-order valence-corrected chi connectivity index (χ1v) is 9.94. The molecule has 2 aromatic rings. The molecule has 2 aliphatic heterocycles. The van der Waals surface area contributed by atoms with Crippen molar-refractivity contribution in [2.45, 2.75) is 37.0 Å². The fourth-order valence-corrected chi connectivity index (χ4v) is 5.02. The predicted molar refractivity (Wildman–Crippen MR) is 100 cm³/mol. The van der Waals surface area contributed by atoms with E-state index in [-0.39, 0.29) is 29.3 Å². The average Bonchev–Trinajstić information content (AvgIpc) is 3.26. The second-order valence-corrected chi connectivity index (χ2v) is 8.37. The SMILES string of the molecule is CN1CC[C@@]23C=C[C@H](OC(=O)c4cncs4)CC2Oc2c(O)ccc(c23)C1. The lowest BCUT2D eigenvalue weighted by Gasteiger charge is -2.36. The molecule has 27 heavy (non-hydrogen) atoms. The lowest BCUT2D eigenvalue weighted by atomic mass is 9.69. The van der Waals surface area contributed by atoms with Gasteiger partial charge in [0.15, 0.2) is 11.5 Å². The minimum atomic E-state index is -0.359. The molecule has 0 saturated heterocycles. The molecule has 1 aromatic carbocycles. The molecule has 1 spiro atoms. The molecule has 0 amide bonds. The van der Waals surface area contributed by atoms with Gasteiger partial charge in [0.2, 0.25) is 0 Å². The van der Waals surface area contributed by atoms with E-state index in [4.69, 9.17) is 9.47 Å². The Hall–Kier alpha value is -2.38. The number of aromatic hydroxyl groups is 1. The van der Waals surface area contributed by atoms with Gasteiger partial charge in [0, 0.05) is 18.5 Å². The van der Waals surface area contributed by atoms with Crippen LogP contribution < -0.4 is 4.74 Å². The highest BCUT2D eigenvalue weighted by Crippen LogP contribution is 2.55. The van der Waals surface area contributed by atoms with Crippen LogP contribution in [0.25, 0.3) is 0 Å². The fourth-order valence-electron chi connectivity index (χ4n) is 4.51. The van der Waals surface area contributed by atoms with Crippen molar-refractivity contribution in [1.82, 2.24) is 9.88 Å². The van der Waals surface area contributed by atoms with E-state index in [0.717, 1.165) is 25.1 Å². The summed E-state index contributed by atoms with van der Waals surface area (Å²) in [5.41, 5.74) is 3.63. The molecule has 7 heteroatoms. The number of thiazole rings is 1. The number of benzene rings is 1. The second kappa shape index (κ2) is 6.07. The maximum Gasteiger partial charge on any atom is 0.350 e. The Labute approximate surface area is 161 Å². The molecule has 1 unspecified atom stereocenters. The zero-order valence-corrected chi connectivity index (χ0v) is 15.7. The van der Waals surface area contributed by atoms with Crippen molar-refractivity contribution in [2.24, 2.45) is 0 Å². The molecule has 0 saturated carbocycles. The summed E-state index contributed by atoms with van der Waals surface area (Å²) in [7, 11) is 2.11. The highest BCUT2D eigenvalue weighted by Gasteiger charge is 2.53. The van der Waals surface area contributed by atoms with E-state index in [9.17, 15) is 9.90 Å². The third kappa shape index (κ3) is 2.56. The number of phenolic OH excluding ortho intramolecular Hbond substituents is 1. The van der Waals surface area contributed by atoms with Gasteiger partial charge in [-0.2, -0.15) is 0 Å². The molecule has 0 bridgehead atoms. The minimum Gasteiger partial charge on any atom is -0.504 e. The first kappa shape index (κ1) is 16.8. The highest BCUT2D eigenvalue weighted by molar-refractivity contribution is 7.11. The molecular weight excluding hydrogens is 364 g/mol. The van der Waals surface area contributed by atoms with E-state index in [0.29, 0.717) is 17.0 Å². The van der Waals surface area contributed by atoms with Gasteiger partial charge in [0.25, 0.3) is 0 Å². The molecule has 1 N–H and O–H groups in total. The average molecular weight is 384 g/mol. The summed E-state index contributed by atoms with van der Waals surface area (Å²) in [6.45, 7) is 1.77. The number of esters is 1. The second-order valence-electron chi connectivity index (χ2n) is 7.49. The normalized spacial score (nSPS) is 28.8. The van der Waals surface area contributed by atoms with Crippen molar-refractivity contribution in [2.75, 3.05) is 13.6 Å². The molecule has 140 valence electrons. The molecule has 1 aliphatic carbocycles. The fraction of sp³-hybridized carbons (Fsp3) is 0.400. The van der Waals surface area contributed by atoms with Crippen molar-refractivity contribution in [3.63, 3.8) is 0 Å². The van der Waals surface area contributed by atoms with Gasteiger partial charge in [0.1, 0.15) is 17.1 Å². The number of phenols is 1. The van der Waals surface area contributed by atoms with E-state index in [2.05, 4.69) is 23.0 Å². The number of hydrogen-bond donors (Lipinski definition) is 1. The van der Waals surface area contributed by atoms with Crippen LogP contribution in [-0.2, 0) is 16.7 Å². The van der Waals surface area contributed by atoms with Crippen LogP contribution in [0.15, 0.2) is 36.0 Å². The molecule has 3 atom stereocenters. The number of rotatable bonds is 2. The molecule has 3 heterocycles. The van der Waals surface area contributed by atoms with E-state index in [1.807, 2.05) is 12.1 Å². The third-order valence-electron chi connectivity index (χ3n) is 5.82. The van der Waals surface area contributed by atoms with Crippen molar-refractivity contribution in [3.05, 3.63) is 52.0 Å². The molecular formula is C20H20N2O4S. The van der Waals surface area contributed by atoms with Crippen LogP contribution >= 0.6 is 11.3 Å². The number of aromatic nitrogens is 1. The largest absolute Gasteiger partial charge is 0.504 e. The highest BCUT2D eigenvalue weighted by atomic mass is 32.1. The maximum absolute atomic E-state index is 12.3. The van der Waals surface area contributed by atoms with Gasteiger partial charge in [-0.25, -0.2) is 4.79 Å². The van der Waals surface area contributed by atoms with Gasteiger partial charge < -0.3 is 19.5 Å². The summed E-state index contributed by atoms with van der Waals surface area (Å²) in [5, 5.41) is 10.4.